The number of nitrogens with two attached hydrogens (primary N) is 1. The summed E-state index contributed by atoms with van der Waals surface area (Å²) in [5.41, 5.74) is 12.4. The van der Waals surface area contributed by atoms with Crippen molar-refractivity contribution in [3.63, 3.8) is 0 Å². The van der Waals surface area contributed by atoms with Crippen LogP contribution in [0, 0.1) is 11.8 Å². The number of aromatic nitrogens is 6. The van der Waals surface area contributed by atoms with Crippen LogP contribution in [0.2, 0.25) is 0 Å². The Bertz CT molecular complexity index is 2100. The summed E-state index contributed by atoms with van der Waals surface area (Å²) in [6.07, 6.45) is 6.83. The van der Waals surface area contributed by atoms with E-state index in [2.05, 4.69) is 58.4 Å². The standard InChI is InChI=1S/C40H52N10O4/c1-6-23(3)33(46-40(52)53-5)22-54-50-17-9-11-35(50)37-42-21-32(45-37)27-13-12-25-18-29(47-48-30(25)19-27)26-14-15-28-31(20-26)44-38(43-28)34-10-8-16-49(34)39(51)36(41)24(4)7-2/h12-15,18-21,23-24,33-36H,6-11,16-17,22,41H2,1-5H3,(H,42,45)(H,43,44)(H,46,52)/t23-,24-,33-,34+,35+,36+/m1/s1. The number of benzene rings is 2. The fraction of sp³-hybridized carbons (Fsp3) is 0.500. The lowest BCUT2D eigenvalue weighted by atomic mass is 9.98. The van der Waals surface area contributed by atoms with Crippen LogP contribution in [0.5, 0.6) is 0 Å². The summed E-state index contributed by atoms with van der Waals surface area (Å²) < 4.78 is 4.83. The Balaban J connectivity index is 1.04. The van der Waals surface area contributed by atoms with Crippen molar-refractivity contribution < 1.29 is 19.2 Å². The van der Waals surface area contributed by atoms with Crippen molar-refractivity contribution in [2.45, 2.75) is 90.4 Å². The van der Waals surface area contributed by atoms with Crippen molar-refractivity contribution in [2.75, 3.05) is 26.8 Å². The first-order valence-corrected chi connectivity index (χ1v) is 19.3. The number of amides is 2. The maximum absolute atomic E-state index is 13.3. The van der Waals surface area contributed by atoms with E-state index < -0.39 is 12.1 Å². The number of imidazole rings is 2. The zero-order chi connectivity index (χ0) is 37.9. The van der Waals surface area contributed by atoms with Crippen molar-refractivity contribution >= 4 is 33.9 Å². The van der Waals surface area contributed by atoms with Crippen LogP contribution >= 0.6 is 0 Å². The number of fused-ring (bicyclic) bond motifs is 2. The van der Waals surface area contributed by atoms with E-state index in [1.165, 1.54) is 7.11 Å². The Morgan fingerprint density at radius 1 is 0.926 bits per heavy atom. The number of alkyl carbamates (subject to hydrolysis) is 1. The summed E-state index contributed by atoms with van der Waals surface area (Å²) in [5.74, 6) is 1.98. The molecule has 5 aromatic rings. The summed E-state index contributed by atoms with van der Waals surface area (Å²) in [5, 5.41) is 15.1. The van der Waals surface area contributed by atoms with Crippen LogP contribution < -0.4 is 11.1 Å². The molecule has 5 heterocycles. The number of aromatic amines is 2. The van der Waals surface area contributed by atoms with Gasteiger partial charge in [-0.15, -0.1) is 10.2 Å². The quantitative estimate of drug-likeness (QED) is 0.105. The first-order valence-electron chi connectivity index (χ1n) is 19.3. The SMILES string of the molecule is CC[C@@H](C)[C@H](N)C(=O)N1CCC[C@H]1c1nc2ccc(-c3cc4ccc(-c5cnc([C@@H]6CCCN6OC[C@@H](NC(=O)OC)[C@H](C)CC)[nH]5)cc4nn3)cc2[nH]1. The molecule has 0 unspecified atom stereocenters. The molecule has 2 aromatic carbocycles. The van der Waals surface area contributed by atoms with E-state index in [0.717, 1.165) is 101 Å². The topological polar surface area (TPSA) is 180 Å². The molecule has 0 saturated carbocycles. The highest BCUT2D eigenvalue weighted by molar-refractivity contribution is 5.88. The van der Waals surface area contributed by atoms with Gasteiger partial charge in [0, 0.05) is 29.6 Å². The normalized spacial score (nSPS) is 20.0. The zero-order valence-corrected chi connectivity index (χ0v) is 31.8. The van der Waals surface area contributed by atoms with E-state index in [0.29, 0.717) is 13.2 Å². The number of likely N-dealkylation sites (tertiary alicyclic amines) is 1. The molecule has 2 aliphatic rings. The Labute approximate surface area is 315 Å². The van der Waals surface area contributed by atoms with Crippen LogP contribution in [0.15, 0.2) is 48.7 Å². The Kier molecular flexibility index (Phi) is 11.2. The zero-order valence-electron chi connectivity index (χ0n) is 31.8. The van der Waals surface area contributed by atoms with Crippen LogP contribution in [-0.2, 0) is 14.4 Å². The Morgan fingerprint density at radius 3 is 2.50 bits per heavy atom. The number of hydroxylamine groups is 2. The molecule has 5 N–H and O–H groups in total. The number of methoxy groups -OCH3 is 1. The van der Waals surface area contributed by atoms with Crippen molar-refractivity contribution in [1.29, 1.82) is 0 Å². The lowest BCUT2D eigenvalue weighted by molar-refractivity contribution is -0.179. The third kappa shape index (κ3) is 7.68. The van der Waals surface area contributed by atoms with Crippen LogP contribution in [0.1, 0.15) is 90.0 Å². The lowest BCUT2D eigenvalue weighted by Crippen LogP contribution is -2.46. The Morgan fingerprint density at radius 2 is 1.70 bits per heavy atom. The number of carbonyl (C=O) groups is 2. The van der Waals surface area contributed by atoms with Gasteiger partial charge in [-0.25, -0.2) is 14.8 Å². The largest absolute Gasteiger partial charge is 0.453 e. The summed E-state index contributed by atoms with van der Waals surface area (Å²) in [6.45, 7) is 10.1. The fourth-order valence-electron chi connectivity index (χ4n) is 7.53. The van der Waals surface area contributed by atoms with Gasteiger partial charge in [0.1, 0.15) is 11.6 Å². The minimum absolute atomic E-state index is 0.000691. The van der Waals surface area contributed by atoms with Gasteiger partial charge < -0.3 is 30.7 Å². The summed E-state index contributed by atoms with van der Waals surface area (Å²) in [7, 11) is 1.37. The Hall–Kier alpha value is -4.92. The smallest absolute Gasteiger partial charge is 0.407 e. The van der Waals surface area contributed by atoms with Crippen molar-refractivity contribution in [3.05, 3.63) is 60.3 Å². The van der Waals surface area contributed by atoms with Crippen LogP contribution in [0.25, 0.3) is 44.5 Å². The van der Waals surface area contributed by atoms with Gasteiger partial charge in [-0.1, -0.05) is 58.7 Å². The van der Waals surface area contributed by atoms with Gasteiger partial charge in [-0.2, -0.15) is 5.06 Å². The van der Waals surface area contributed by atoms with E-state index in [9.17, 15) is 9.59 Å². The van der Waals surface area contributed by atoms with Crippen LogP contribution in [-0.4, -0.2) is 91.0 Å². The maximum atomic E-state index is 13.3. The molecule has 286 valence electrons. The number of hydrogen-bond donors (Lipinski definition) is 4. The van der Waals surface area contributed by atoms with Gasteiger partial charge >= 0.3 is 6.09 Å². The number of nitrogens with zero attached hydrogens (tertiary/aromatic N) is 6. The van der Waals surface area contributed by atoms with Crippen LogP contribution in [0.4, 0.5) is 4.79 Å². The molecule has 2 saturated heterocycles. The first-order chi connectivity index (χ1) is 26.2. The second-order valence-corrected chi connectivity index (χ2v) is 14.9. The number of nitrogens with one attached hydrogen (secondary N) is 3. The van der Waals surface area contributed by atoms with Crippen molar-refractivity contribution in [1.82, 2.24) is 45.4 Å². The monoisotopic (exact) mass is 736 g/mol. The molecule has 6 atom stereocenters. The van der Waals surface area contributed by atoms with Gasteiger partial charge in [-0.3, -0.25) is 9.63 Å². The molecule has 0 spiro atoms. The average Bonchev–Trinajstić information content (AvgIpc) is 4.04. The summed E-state index contributed by atoms with van der Waals surface area (Å²) in [4.78, 5) is 50.0. The molecule has 0 bridgehead atoms. The molecular formula is C40H52N10O4. The van der Waals surface area contributed by atoms with Gasteiger partial charge in [0.05, 0.1) is 72.0 Å². The van der Waals surface area contributed by atoms with E-state index in [1.54, 1.807) is 0 Å². The van der Waals surface area contributed by atoms with E-state index in [1.807, 2.05) is 53.4 Å². The molecule has 0 radical (unpaired) electrons. The molecule has 14 heteroatoms. The molecule has 2 fully saturated rings. The van der Waals surface area contributed by atoms with Gasteiger partial charge in [0.15, 0.2) is 0 Å². The molecule has 54 heavy (non-hydrogen) atoms. The van der Waals surface area contributed by atoms with Crippen molar-refractivity contribution in [3.8, 4) is 22.5 Å². The van der Waals surface area contributed by atoms with Crippen molar-refractivity contribution in [2.24, 2.45) is 17.6 Å². The number of carbonyl (C=O) groups excluding carboxylic acids is 2. The molecule has 0 aliphatic carbocycles. The third-order valence-electron chi connectivity index (χ3n) is 11.4. The van der Waals surface area contributed by atoms with Crippen LogP contribution in [0.3, 0.4) is 0 Å². The highest BCUT2D eigenvalue weighted by Gasteiger charge is 2.36. The third-order valence-corrected chi connectivity index (χ3v) is 11.4. The van der Waals surface area contributed by atoms with Gasteiger partial charge in [0.2, 0.25) is 5.91 Å². The number of ether oxygens (including phenoxy) is 1. The molecule has 2 amide bonds. The highest BCUT2D eigenvalue weighted by Crippen LogP contribution is 2.35. The van der Waals surface area contributed by atoms with Gasteiger partial charge in [-0.05, 0) is 61.8 Å². The van der Waals surface area contributed by atoms with E-state index in [4.69, 9.17) is 25.3 Å². The van der Waals surface area contributed by atoms with Gasteiger partial charge in [0.25, 0.3) is 0 Å². The molecule has 3 aromatic heterocycles. The second kappa shape index (κ2) is 16.2. The summed E-state index contributed by atoms with van der Waals surface area (Å²) in [6, 6.07) is 13.4. The van der Waals surface area contributed by atoms with E-state index >= 15 is 0 Å². The summed E-state index contributed by atoms with van der Waals surface area (Å²) >= 11 is 0. The number of H-pyrrole nitrogens is 2. The lowest BCUT2D eigenvalue weighted by Gasteiger charge is -2.28. The predicted octanol–water partition coefficient (Wildman–Crippen LogP) is 6.44. The predicted molar refractivity (Wildman–Crippen MR) is 207 cm³/mol. The molecule has 2 aliphatic heterocycles. The molecule has 14 nitrogen and oxygen atoms in total. The molecular weight excluding hydrogens is 685 g/mol. The first kappa shape index (κ1) is 37.4. The maximum Gasteiger partial charge on any atom is 0.407 e. The minimum Gasteiger partial charge on any atom is -0.453 e. The second-order valence-electron chi connectivity index (χ2n) is 14.9. The highest BCUT2D eigenvalue weighted by atomic mass is 16.7. The average molecular weight is 737 g/mol. The van der Waals surface area contributed by atoms with E-state index in [-0.39, 0.29) is 35.9 Å². The number of hydrogen-bond acceptors (Lipinski definition) is 10. The molecule has 7 rings (SSSR count). The minimum atomic E-state index is -0.507. The number of rotatable bonds is 13. The fourth-order valence-corrected chi connectivity index (χ4v) is 7.53.